The molecule has 0 aromatic rings. The van der Waals surface area contributed by atoms with Gasteiger partial charge in [-0.25, -0.2) is 0 Å². The van der Waals surface area contributed by atoms with E-state index in [0.717, 1.165) is 43.3 Å². The fourth-order valence-electron chi connectivity index (χ4n) is 5.21. The molecule has 1 amide bonds. The molecule has 2 N–H and O–H groups in total. The Morgan fingerprint density at radius 1 is 1.00 bits per heavy atom. The fourth-order valence-corrected chi connectivity index (χ4v) is 5.21. The Morgan fingerprint density at radius 3 is 2.05 bits per heavy atom. The van der Waals surface area contributed by atoms with Gasteiger partial charge in [-0.15, -0.1) is 12.4 Å². The largest absolute Gasteiger partial charge is 0.355 e. The van der Waals surface area contributed by atoms with Gasteiger partial charge >= 0.3 is 0 Å². The highest BCUT2D eigenvalue weighted by Gasteiger charge is 2.50. The van der Waals surface area contributed by atoms with Gasteiger partial charge in [0.15, 0.2) is 0 Å². The van der Waals surface area contributed by atoms with Crippen molar-refractivity contribution < 1.29 is 4.79 Å². The van der Waals surface area contributed by atoms with Crippen LogP contribution in [0.3, 0.4) is 0 Å². The normalized spacial score (nSPS) is 43.5. The second kappa shape index (κ2) is 5.25. The van der Waals surface area contributed by atoms with E-state index in [2.05, 4.69) is 10.6 Å². The van der Waals surface area contributed by atoms with Gasteiger partial charge in [0.05, 0.1) is 0 Å². The smallest absolute Gasteiger partial charge is 0.223 e. The first-order chi connectivity index (χ1) is 8.79. The van der Waals surface area contributed by atoms with Crippen molar-refractivity contribution in [2.24, 2.45) is 35.5 Å². The number of rotatable bonds is 3. The lowest BCUT2D eigenvalue weighted by Crippen LogP contribution is -2.53. The number of hydrogen-bond donors (Lipinski definition) is 2. The van der Waals surface area contributed by atoms with Crippen LogP contribution in [0.4, 0.5) is 0 Å². The van der Waals surface area contributed by atoms with E-state index >= 15 is 0 Å². The van der Waals surface area contributed by atoms with Crippen molar-refractivity contribution >= 4 is 18.3 Å². The van der Waals surface area contributed by atoms with Gasteiger partial charge in [-0.2, -0.15) is 0 Å². The summed E-state index contributed by atoms with van der Waals surface area (Å²) in [6.07, 6.45) is 6.84. The van der Waals surface area contributed by atoms with E-state index in [9.17, 15) is 4.79 Å². The third-order valence-electron chi connectivity index (χ3n) is 5.96. The summed E-state index contributed by atoms with van der Waals surface area (Å²) in [7, 11) is 0. The average Bonchev–Trinajstić information content (AvgIpc) is 2.25. The maximum atomic E-state index is 12.4. The van der Waals surface area contributed by atoms with E-state index in [1.165, 1.54) is 32.1 Å². The van der Waals surface area contributed by atoms with Gasteiger partial charge in [0.25, 0.3) is 0 Å². The highest BCUT2D eigenvalue weighted by Crippen LogP contribution is 2.56. The Kier molecular flexibility index (Phi) is 3.78. The molecule has 0 radical (unpaired) electrons. The van der Waals surface area contributed by atoms with E-state index in [1.54, 1.807) is 0 Å². The van der Waals surface area contributed by atoms with Gasteiger partial charge in [0.2, 0.25) is 5.91 Å². The molecule has 5 fully saturated rings. The molecule has 0 aromatic carbocycles. The number of carbonyl (C=O) groups is 1. The highest BCUT2D eigenvalue weighted by atomic mass is 35.5. The summed E-state index contributed by atoms with van der Waals surface area (Å²) in [5, 5.41) is 6.50. The lowest BCUT2D eigenvalue weighted by molar-refractivity contribution is -0.138. The Morgan fingerprint density at radius 2 is 1.58 bits per heavy atom. The molecule has 1 heterocycles. The molecule has 0 aromatic heterocycles. The van der Waals surface area contributed by atoms with Crippen LogP contribution in [0.1, 0.15) is 32.1 Å². The van der Waals surface area contributed by atoms with E-state index < -0.39 is 0 Å². The van der Waals surface area contributed by atoms with Gasteiger partial charge in [0, 0.05) is 31.5 Å². The molecule has 4 saturated carbocycles. The second-order valence-electron chi connectivity index (χ2n) is 7.23. The topological polar surface area (TPSA) is 41.1 Å². The second-order valence-corrected chi connectivity index (χ2v) is 7.23. The molecule has 19 heavy (non-hydrogen) atoms. The molecule has 4 bridgehead atoms. The van der Waals surface area contributed by atoms with Crippen molar-refractivity contribution in [1.29, 1.82) is 0 Å². The zero-order valence-corrected chi connectivity index (χ0v) is 12.3. The van der Waals surface area contributed by atoms with Crippen LogP contribution < -0.4 is 10.6 Å². The predicted octanol–water partition coefficient (Wildman–Crippen LogP) is 1.82. The minimum absolute atomic E-state index is 0. The van der Waals surface area contributed by atoms with Gasteiger partial charge in [0.1, 0.15) is 0 Å². The standard InChI is InChI=1S/C15H24N2O.ClH/c18-15(17-8-11-6-16-7-11)14-12-2-9-1-10(4-12)5-13(14)3-9;/h9-14,16H,1-8H2,(H,17,18);1H. The maximum absolute atomic E-state index is 12.4. The minimum atomic E-state index is 0. The lowest BCUT2D eigenvalue weighted by atomic mass is 9.51. The Bertz CT molecular complexity index is 328. The number of hydrogen-bond acceptors (Lipinski definition) is 2. The van der Waals surface area contributed by atoms with Crippen molar-refractivity contribution in [2.45, 2.75) is 32.1 Å². The van der Waals surface area contributed by atoms with E-state index in [0.29, 0.717) is 17.7 Å². The van der Waals surface area contributed by atoms with Gasteiger partial charge < -0.3 is 10.6 Å². The summed E-state index contributed by atoms with van der Waals surface area (Å²) in [5.74, 6) is 4.81. The fraction of sp³-hybridized carbons (Fsp3) is 0.933. The van der Waals surface area contributed by atoms with Crippen LogP contribution in [0.25, 0.3) is 0 Å². The minimum Gasteiger partial charge on any atom is -0.355 e. The Labute approximate surface area is 121 Å². The molecule has 1 aliphatic heterocycles. The van der Waals surface area contributed by atoms with Crippen LogP contribution in [0.2, 0.25) is 0 Å². The number of carbonyl (C=O) groups excluding carboxylic acids is 1. The monoisotopic (exact) mass is 284 g/mol. The molecule has 5 aliphatic rings. The average molecular weight is 285 g/mol. The van der Waals surface area contributed by atoms with Crippen LogP contribution >= 0.6 is 12.4 Å². The van der Waals surface area contributed by atoms with Crippen molar-refractivity contribution in [2.75, 3.05) is 19.6 Å². The van der Waals surface area contributed by atoms with E-state index in [1.807, 2.05) is 0 Å². The first-order valence-electron chi connectivity index (χ1n) is 7.78. The summed E-state index contributed by atoms with van der Waals surface area (Å²) >= 11 is 0. The first kappa shape index (κ1) is 13.7. The van der Waals surface area contributed by atoms with Gasteiger partial charge in [-0.1, -0.05) is 0 Å². The lowest BCUT2D eigenvalue weighted by Gasteiger charge is -2.53. The maximum Gasteiger partial charge on any atom is 0.223 e. The molecule has 3 nitrogen and oxygen atoms in total. The molecular weight excluding hydrogens is 260 g/mol. The molecular formula is C15H25ClN2O. The summed E-state index contributed by atoms with van der Waals surface area (Å²) in [4.78, 5) is 12.4. The predicted molar refractivity (Wildman–Crippen MR) is 77.2 cm³/mol. The van der Waals surface area contributed by atoms with E-state index in [-0.39, 0.29) is 12.4 Å². The van der Waals surface area contributed by atoms with Gasteiger partial charge in [-0.3, -0.25) is 4.79 Å². The molecule has 4 heteroatoms. The van der Waals surface area contributed by atoms with Crippen molar-refractivity contribution in [3.05, 3.63) is 0 Å². The summed E-state index contributed by atoms with van der Waals surface area (Å²) in [5.41, 5.74) is 0. The van der Waals surface area contributed by atoms with Crippen molar-refractivity contribution in [3.63, 3.8) is 0 Å². The number of amides is 1. The number of halogens is 1. The van der Waals surface area contributed by atoms with E-state index in [4.69, 9.17) is 0 Å². The molecule has 0 atom stereocenters. The third kappa shape index (κ3) is 2.40. The molecule has 4 aliphatic carbocycles. The molecule has 108 valence electrons. The summed E-state index contributed by atoms with van der Waals surface area (Å²) < 4.78 is 0. The highest BCUT2D eigenvalue weighted by molar-refractivity contribution is 5.85. The third-order valence-corrected chi connectivity index (χ3v) is 5.96. The molecule has 1 saturated heterocycles. The quantitative estimate of drug-likeness (QED) is 0.830. The van der Waals surface area contributed by atoms with Crippen LogP contribution in [0.15, 0.2) is 0 Å². The Hall–Kier alpha value is -0.280. The molecule has 0 unspecified atom stereocenters. The van der Waals surface area contributed by atoms with Crippen LogP contribution in [-0.2, 0) is 4.79 Å². The van der Waals surface area contributed by atoms with Crippen LogP contribution in [0.5, 0.6) is 0 Å². The van der Waals surface area contributed by atoms with Gasteiger partial charge in [-0.05, 0) is 55.8 Å². The van der Waals surface area contributed by atoms with Crippen molar-refractivity contribution in [3.8, 4) is 0 Å². The first-order valence-corrected chi connectivity index (χ1v) is 7.78. The van der Waals surface area contributed by atoms with Crippen LogP contribution in [0, 0.1) is 35.5 Å². The zero-order valence-electron chi connectivity index (χ0n) is 11.4. The summed E-state index contributed by atoms with van der Waals surface area (Å²) in [6.45, 7) is 3.07. The van der Waals surface area contributed by atoms with Crippen LogP contribution in [-0.4, -0.2) is 25.5 Å². The summed E-state index contributed by atoms with van der Waals surface area (Å²) in [6, 6.07) is 0. The molecule has 0 spiro atoms. The Balaban J connectivity index is 0.00000110. The number of nitrogens with one attached hydrogen (secondary N) is 2. The molecule has 5 rings (SSSR count). The zero-order chi connectivity index (χ0) is 12.1. The SMILES string of the molecule is Cl.O=C(NCC1CNC1)C1C2CC3CC(C2)CC1C3. The van der Waals surface area contributed by atoms with Crippen molar-refractivity contribution in [1.82, 2.24) is 10.6 Å².